The largest absolute Gasteiger partial charge is 0.508 e. The number of aromatic hydroxyl groups is 2. The van der Waals surface area contributed by atoms with Gasteiger partial charge in [-0.1, -0.05) is 13.8 Å². The van der Waals surface area contributed by atoms with Gasteiger partial charge in [0, 0.05) is 30.3 Å². The molecule has 180 valence electrons. The van der Waals surface area contributed by atoms with E-state index >= 15 is 0 Å². The molecule has 0 aromatic heterocycles. The zero-order chi connectivity index (χ0) is 23.5. The molecule has 2 aromatic rings. The normalized spacial score (nSPS) is 11.2. The van der Waals surface area contributed by atoms with Crippen LogP contribution in [-0.4, -0.2) is 41.4 Å². The van der Waals surface area contributed by atoms with E-state index in [0.717, 1.165) is 51.4 Å². The first-order valence-electron chi connectivity index (χ1n) is 11.0. The van der Waals surface area contributed by atoms with Crippen LogP contribution in [0.2, 0.25) is 0 Å². The lowest BCUT2D eigenvalue weighted by Gasteiger charge is -2.29. The molecule has 0 radical (unpaired) electrons. The number of rotatable bonds is 9. The number of phenols is 2. The third kappa shape index (κ3) is 6.02. The van der Waals surface area contributed by atoms with Gasteiger partial charge in [-0.05, 0) is 81.8 Å². The Morgan fingerprint density at radius 1 is 0.938 bits per heavy atom. The molecule has 0 aliphatic rings. The predicted octanol–water partition coefficient (Wildman–Crippen LogP) is 6.17. The molecule has 2 N–H and O–H groups in total. The minimum absolute atomic E-state index is 0. The Kier molecular flexibility index (Phi) is 10.2. The van der Waals surface area contributed by atoms with Crippen molar-refractivity contribution in [3.05, 3.63) is 45.5 Å². The summed E-state index contributed by atoms with van der Waals surface area (Å²) in [5.41, 5.74) is 5.54. The highest BCUT2D eigenvalue weighted by Crippen LogP contribution is 2.38. The minimum atomic E-state index is 0. The summed E-state index contributed by atoms with van der Waals surface area (Å²) < 4.78 is 11.9. The second-order valence-corrected chi connectivity index (χ2v) is 8.98. The molecule has 0 heterocycles. The molecule has 0 fully saturated rings. The first-order chi connectivity index (χ1) is 14.5. The molecular weight excluding hydrogens is 426 g/mol. The fraction of sp³-hybridized carbons (Fsp3) is 0.538. The first kappa shape index (κ1) is 27.9. The van der Waals surface area contributed by atoms with Gasteiger partial charge in [-0.2, -0.15) is 0 Å². The van der Waals surface area contributed by atoms with E-state index in [2.05, 4.69) is 32.6 Å². The lowest BCUT2D eigenvalue weighted by Crippen LogP contribution is -2.34. The maximum Gasteiger partial charge on any atom is 0.127 e. The van der Waals surface area contributed by atoms with Crippen molar-refractivity contribution in [3.8, 4) is 23.0 Å². The number of aryl methyl sites for hydroxylation is 1. The van der Waals surface area contributed by atoms with Crippen LogP contribution in [0.5, 0.6) is 23.0 Å². The SMILES string of the molecule is COc1c(C)c(C)c(O)c(C)c1CN(CCOc1cc(C)c(O)cc1C(C)C)C(C)C.Cl. The third-order valence-electron chi connectivity index (χ3n) is 6.22. The molecule has 2 aromatic carbocycles. The second-order valence-electron chi connectivity index (χ2n) is 8.98. The van der Waals surface area contributed by atoms with Crippen molar-refractivity contribution in [2.45, 2.75) is 73.9 Å². The maximum atomic E-state index is 10.6. The monoisotopic (exact) mass is 465 g/mol. The summed E-state index contributed by atoms with van der Waals surface area (Å²) in [6.45, 7) is 18.2. The van der Waals surface area contributed by atoms with Gasteiger partial charge in [-0.15, -0.1) is 12.4 Å². The number of nitrogens with zero attached hydrogens (tertiary/aromatic N) is 1. The van der Waals surface area contributed by atoms with Crippen molar-refractivity contribution in [2.75, 3.05) is 20.3 Å². The summed E-state index contributed by atoms with van der Waals surface area (Å²) in [5, 5.41) is 20.6. The van der Waals surface area contributed by atoms with Crippen LogP contribution in [-0.2, 0) is 6.54 Å². The van der Waals surface area contributed by atoms with E-state index in [-0.39, 0.29) is 18.3 Å². The van der Waals surface area contributed by atoms with Crippen molar-refractivity contribution in [1.82, 2.24) is 4.90 Å². The molecule has 0 unspecified atom stereocenters. The summed E-state index contributed by atoms with van der Waals surface area (Å²) in [4.78, 5) is 2.32. The Morgan fingerprint density at radius 3 is 2.09 bits per heavy atom. The molecule has 0 atom stereocenters. The number of methoxy groups -OCH3 is 1. The highest BCUT2D eigenvalue weighted by Gasteiger charge is 2.21. The summed E-state index contributed by atoms with van der Waals surface area (Å²) in [5.74, 6) is 2.57. The smallest absolute Gasteiger partial charge is 0.127 e. The van der Waals surface area contributed by atoms with Gasteiger partial charge in [0.2, 0.25) is 0 Å². The fourth-order valence-electron chi connectivity index (χ4n) is 3.89. The maximum absolute atomic E-state index is 10.6. The molecule has 5 nitrogen and oxygen atoms in total. The van der Waals surface area contributed by atoms with E-state index in [9.17, 15) is 10.2 Å². The molecule has 0 amide bonds. The molecule has 0 aliphatic carbocycles. The summed E-state index contributed by atoms with van der Waals surface area (Å²) in [6.07, 6.45) is 0. The quantitative estimate of drug-likeness (QED) is 0.463. The lowest BCUT2D eigenvalue weighted by molar-refractivity contribution is 0.166. The van der Waals surface area contributed by atoms with Crippen LogP contribution in [0.1, 0.15) is 67.0 Å². The Morgan fingerprint density at radius 2 is 1.56 bits per heavy atom. The highest BCUT2D eigenvalue weighted by molar-refractivity contribution is 5.85. The number of hydrogen-bond donors (Lipinski definition) is 2. The minimum Gasteiger partial charge on any atom is -0.508 e. The van der Waals surface area contributed by atoms with Crippen LogP contribution < -0.4 is 9.47 Å². The van der Waals surface area contributed by atoms with Crippen molar-refractivity contribution in [3.63, 3.8) is 0 Å². The van der Waals surface area contributed by atoms with Crippen LogP contribution in [0, 0.1) is 27.7 Å². The molecule has 0 spiro atoms. The molecule has 2 rings (SSSR count). The van der Waals surface area contributed by atoms with Crippen molar-refractivity contribution < 1.29 is 19.7 Å². The van der Waals surface area contributed by atoms with Crippen LogP contribution in [0.3, 0.4) is 0 Å². The van der Waals surface area contributed by atoms with E-state index in [1.54, 1.807) is 7.11 Å². The van der Waals surface area contributed by atoms with E-state index < -0.39 is 0 Å². The predicted molar refractivity (Wildman–Crippen MR) is 134 cm³/mol. The number of ether oxygens (including phenoxy) is 2. The molecule has 0 saturated carbocycles. The topological polar surface area (TPSA) is 62.2 Å². The Labute approximate surface area is 199 Å². The van der Waals surface area contributed by atoms with Gasteiger partial charge in [0.1, 0.15) is 29.6 Å². The van der Waals surface area contributed by atoms with Crippen molar-refractivity contribution in [2.24, 2.45) is 0 Å². The molecule has 0 bridgehead atoms. The van der Waals surface area contributed by atoms with Gasteiger partial charge < -0.3 is 19.7 Å². The average Bonchev–Trinajstić information content (AvgIpc) is 2.71. The van der Waals surface area contributed by atoms with Crippen molar-refractivity contribution in [1.29, 1.82) is 0 Å². The van der Waals surface area contributed by atoms with Crippen LogP contribution in [0.15, 0.2) is 12.1 Å². The van der Waals surface area contributed by atoms with E-state index in [0.29, 0.717) is 30.7 Å². The second kappa shape index (κ2) is 11.7. The van der Waals surface area contributed by atoms with E-state index in [1.165, 1.54) is 0 Å². The standard InChI is InChI=1S/C26H39NO4.ClH/c1-15(2)21-13-23(28)17(5)12-24(21)31-11-10-27(16(3)4)14-22-20(8)25(29)18(6)19(7)26(22)30-9;/h12-13,15-16,28-29H,10-11,14H2,1-9H3;1H. The van der Waals surface area contributed by atoms with Gasteiger partial charge in [0.25, 0.3) is 0 Å². The van der Waals surface area contributed by atoms with Crippen molar-refractivity contribution >= 4 is 12.4 Å². The Bertz CT molecular complexity index is 925. The van der Waals surface area contributed by atoms with Gasteiger partial charge in [0.15, 0.2) is 0 Å². The zero-order valence-corrected chi connectivity index (χ0v) is 21.8. The molecule has 32 heavy (non-hydrogen) atoms. The molecule has 6 heteroatoms. The molecule has 0 aliphatic heterocycles. The van der Waals surface area contributed by atoms with Gasteiger partial charge in [-0.25, -0.2) is 0 Å². The third-order valence-corrected chi connectivity index (χ3v) is 6.22. The lowest BCUT2D eigenvalue weighted by atomic mass is 9.96. The zero-order valence-electron chi connectivity index (χ0n) is 21.0. The summed E-state index contributed by atoms with van der Waals surface area (Å²) in [7, 11) is 1.69. The van der Waals surface area contributed by atoms with Gasteiger partial charge in [-0.3, -0.25) is 4.90 Å². The van der Waals surface area contributed by atoms with Gasteiger partial charge >= 0.3 is 0 Å². The van der Waals surface area contributed by atoms with E-state index in [4.69, 9.17) is 9.47 Å². The first-order valence-corrected chi connectivity index (χ1v) is 11.0. The van der Waals surface area contributed by atoms with Crippen LogP contribution in [0.25, 0.3) is 0 Å². The van der Waals surface area contributed by atoms with Gasteiger partial charge in [0.05, 0.1) is 7.11 Å². The fourth-order valence-corrected chi connectivity index (χ4v) is 3.89. The summed E-state index contributed by atoms with van der Waals surface area (Å²) in [6, 6.07) is 4.02. The molecular formula is C26H40ClNO4. The van der Waals surface area contributed by atoms with Crippen LogP contribution >= 0.6 is 12.4 Å². The number of hydrogen-bond acceptors (Lipinski definition) is 5. The number of benzene rings is 2. The highest BCUT2D eigenvalue weighted by atomic mass is 35.5. The summed E-state index contributed by atoms with van der Waals surface area (Å²) >= 11 is 0. The number of phenolic OH excluding ortho intramolecular Hbond substituents is 2. The molecule has 0 saturated heterocycles. The average molecular weight is 466 g/mol. The Balaban J connectivity index is 0.00000512. The van der Waals surface area contributed by atoms with Crippen LogP contribution in [0.4, 0.5) is 0 Å². The Hall–Kier alpha value is -2.11. The van der Waals surface area contributed by atoms with E-state index in [1.807, 2.05) is 39.8 Å². The number of halogens is 1.